The zero-order valence-electron chi connectivity index (χ0n) is 24.6. The number of aliphatic hydroxyl groups is 5. The van der Waals surface area contributed by atoms with Gasteiger partial charge in [-0.1, -0.05) is 11.6 Å². The minimum absolute atomic E-state index is 0.0859. The van der Waals surface area contributed by atoms with Crippen molar-refractivity contribution in [2.75, 3.05) is 6.61 Å². The highest BCUT2D eigenvalue weighted by Crippen LogP contribution is 2.40. The number of phenols is 3. The average molecular weight is 633 g/mol. The van der Waals surface area contributed by atoms with Gasteiger partial charge in [-0.05, 0) is 51.5 Å². The summed E-state index contributed by atoms with van der Waals surface area (Å²) in [6.07, 6.45) is -12.1. The van der Waals surface area contributed by atoms with Gasteiger partial charge in [0.15, 0.2) is 18.2 Å². The fraction of sp³-hybridized carbons (Fsp3) is 0.452. The summed E-state index contributed by atoms with van der Waals surface area (Å²) in [5.74, 6) is -1.72. The lowest BCUT2D eigenvalue weighted by molar-refractivity contribution is -0.341. The largest absolute Gasteiger partial charge is 0.508 e. The van der Waals surface area contributed by atoms with Gasteiger partial charge >= 0.3 is 0 Å². The predicted molar refractivity (Wildman–Crippen MR) is 156 cm³/mol. The Balaban J connectivity index is 1.65. The number of phenolic OH excluding ortho intramolecular Hbond substituents is 3. The molecular formula is C31H36O14. The predicted octanol–water partition coefficient (Wildman–Crippen LogP) is 0.755. The summed E-state index contributed by atoms with van der Waals surface area (Å²) in [4.78, 5) is 14.1. The molecule has 2 aliphatic heterocycles. The summed E-state index contributed by atoms with van der Waals surface area (Å²) in [5, 5.41) is 82.9. The monoisotopic (exact) mass is 632 g/mol. The van der Waals surface area contributed by atoms with E-state index >= 15 is 0 Å². The van der Waals surface area contributed by atoms with Crippen molar-refractivity contribution in [2.24, 2.45) is 0 Å². The quantitative estimate of drug-likeness (QED) is 0.168. The highest BCUT2D eigenvalue weighted by Gasteiger charge is 2.49. The van der Waals surface area contributed by atoms with Crippen molar-refractivity contribution >= 4 is 11.0 Å². The Bertz CT molecular complexity index is 1610. The lowest BCUT2D eigenvalue weighted by atomic mass is 9.99. The Morgan fingerprint density at radius 3 is 2.29 bits per heavy atom. The molecule has 0 bridgehead atoms. The highest BCUT2D eigenvalue weighted by atomic mass is 16.8. The van der Waals surface area contributed by atoms with Crippen LogP contribution in [0.25, 0.3) is 22.3 Å². The van der Waals surface area contributed by atoms with E-state index in [-0.39, 0.29) is 45.8 Å². The van der Waals surface area contributed by atoms with E-state index in [9.17, 15) is 45.6 Å². The minimum Gasteiger partial charge on any atom is -0.508 e. The smallest absolute Gasteiger partial charge is 0.239 e. The first-order valence-electron chi connectivity index (χ1n) is 14.2. The number of hydrogen-bond donors (Lipinski definition) is 8. The maximum Gasteiger partial charge on any atom is 0.239 e. The molecule has 0 spiro atoms. The molecule has 244 valence electrons. The van der Waals surface area contributed by atoms with Gasteiger partial charge in [-0.2, -0.15) is 0 Å². The summed E-state index contributed by atoms with van der Waals surface area (Å²) in [6.45, 7) is 4.70. The molecule has 0 aliphatic carbocycles. The number of fused-ring (bicyclic) bond motifs is 1. The number of rotatable bonds is 7. The minimum atomic E-state index is -1.76. The van der Waals surface area contributed by atoms with Crippen LogP contribution in [0.1, 0.15) is 26.3 Å². The first-order valence-corrected chi connectivity index (χ1v) is 14.2. The van der Waals surface area contributed by atoms with Gasteiger partial charge in [-0.3, -0.25) is 4.79 Å². The van der Waals surface area contributed by atoms with Gasteiger partial charge in [0.2, 0.25) is 17.5 Å². The maximum atomic E-state index is 14.1. The number of hydrogen-bond acceptors (Lipinski definition) is 14. The maximum absolute atomic E-state index is 14.1. The first kappa shape index (κ1) is 32.7. The Morgan fingerprint density at radius 1 is 0.933 bits per heavy atom. The van der Waals surface area contributed by atoms with Gasteiger partial charge in [0.05, 0.1) is 12.7 Å². The Labute approximate surface area is 256 Å². The molecule has 2 aliphatic rings. The van der Waals surface area contributed by atoms with E-state index in [0.717, 1.165) is 11.6 Å². The summed E-state index contributed by atoms with van der Waals surface area (Å²) >= 11 is 0. The Morgan fingerprint density at radius 2 is 1.62 bits per heavy atom. The van der Waals surface area contributed by atoms with Crippen LogP contribution in [0.2, 0.25) is 0 Å². The topological polar surface area (TPSA) is 229 Å². The van der Waals surface area contributed by atoms with E-state index in [0.29, 0.717) is 0 Å². The summed E-state index contributed by atoms with van der Waals surface area (Å²) in [5.41, 5.74) is 0.347. The molecule has 14 heteroatoms. The van der Waals surface area contributed by atoms with E-state index in [1.54, 1.807) is 6.08 Å². The molecule has 14 nitrogen and oxygen atoms in total. The van der Waals surface area contributed by atoms with Gasteiger partial charge in [0.1, 0.15) is 58.7 Å². The normalized spacial score (nSPS) is 30.3. The van der Waals surface area contributed by atoms with Crippen molar-refractivity contribution in [3.05, 3.63) is 57.8 Å². The van der Waals surface area contributed by atoms with Gasteiger partial charge in [-0.15, -0.1) is 0 Å². The highest BCUT2D eigenvalue weighted by molar-refractivity contribution is 5.91. The number of aromatic hydroxyl groups is 3. The fourth-order valence-corrected chi connectivity index (χ4v) is 5.19. The van der Waals surface area contributed by atoms with Crippen LogP contribution in [-0.4, -0.2) is 103 Å². The van der Waals surface area contributed by atoms with Crippen LogP contribution < -0.4 is 10.2 Å². The average Bonchev–Trinajstić information content (AvgIpc) is 2.98. The molecule has 0 amide bonds. The second-order valence-corrected chi connectivity index (χ2v) is 11.4. The van der Waals surface area contributed by atoms with Crippen LogP contribution >= 0.6 is 0 Å². The zero-order valence-corrected chi connectivity index (χ0v) is 24.6. The summed E-state index contributed by atoms with van der Waals surface area (Å²) in [7, 11) is 0. The van der Waals surface area contributed by atoms with Crippen LogP contribution in [0.15, 0.2) is 51.2 Å². The van der Waals surface area contributed by atoms with E-state index in [1.165, 1.54) is 31.2 Å². The van der Waals surface area contributed by atoms with E-state index in [4.69, 9.17) is 23.4 Å². The van der Waals surface area contributed by atoms with Crippen LogP contribution in [-0.2, 0) is 20.6 Å². The second kappa shape index (κ2) is 12.9. The number of ether oxygens (including phenoxy) is 4. The molecule has 9 atom stereocenters. The SMILES string of the molecule is CC(C)=CCc1c(O)cc(O)c2c(=O)c(O[C@@H]3O[C@@H](C)[C@H](O)[C@@H](O)[C@H]3O[C@H]3OC[C@@H](O)[C@@H](O)[C@H]3O)c(-c3ccc(O)cc3)oc12. The molecule has 45 heavy (non-hydrogen) atoms. The van der Waals surface area contributed by atoms with Crippen LogP contribution in [0.5, 0.6) is 23.0 Å². The Kier molecular flexibility index (Phi) is 9.39. The van der Waals surface area contributed by atoms with Crippen molar-refractivity contribution < 1.29 is 64.2 Å². The van der Waals surface area contributed by atoms with Gasteiger partial charge < -0.3 is 64.2 Å². The lowest BCUT2D eigenvalue weighted by Gasteiger charge is -2.44. The second-order valence-electron chi connectivity index (χ2n) is 11.4. The van der Waals surface area contributed by atoms with Crippen molar-refractivity contribution in [3.63, 3.8) is 0 Å². The molecule has 0 radical (unpaired) electrons. The third-order valence-electron chi connectivity index (χ3n) is 7.79. The molecule has 8 N–H and O–H groups in total. The van der Waals surface area contributed by atoms with Crippen molar-refractivity contribution in [1.82, 2.24) is 0 Å². The first-order chi connectivity index (χ1) is 21.3. The third kappa shape index (κ3) is 6.36. The molecule has 2 saturated heterocycles. The molecule has 2 fully saturated rings. The Hall–Kier alpha value is -3.73. The van der Waals surface area contributed by atoms with Crippen molar-refractivity contribution in [3.8, 4) is 34.3 Å². The van der Waals surface area contributed by atoms with E-state index in [1.807, 2.05) is 13.8 Å². The number of allylic oxidation sites excluding steroid dienone is 2. The summed E-state index contributed by atoms with van der Waals surface area (Å²) < 4.78 is 29.0. The van der Waals surface area contributed by atoms with Crippen molar-refractivity contribution in [1.29, 1.82) is 0 Å². The van der Waals surface area contributed by atoms with Gasteiger partial charge in [0, 0.05) is 17.2 Å². The van der Waals surface area contributed by atoms with E-state index < -0.39 is 78.8 Å². The van der Waals surface area contributed by atoms with Crippen LogP contribution in [0.3, 0.4) is 0 Å². The molecule has 3 heterocycles. The van der Waals surface area contributed by atoms with Crippen LogP contribution in [0.4, 0.5) is 0 Å². The molecule has 3 aromatic rings. The van der Waals surface area contributed by atoms with Crippen LogP contribution in [0, 0.1) is 0 Å². The van der Waals surface area contributed by atoms with Crippen molar-refractivity contribution in [2.45, 2.75) is 82.5 Å². The zero-order chi connectivity index (χ0) is 32.7. The lowest BCUT2D eigenvalue weighted by Crippen LogP contribution is -2.62. The number of aliphatic hydroxyl groups excluding tert-OH is 5. The standard InChI is InChI=1S/C31H36O14/c1-12(2)4-9-16-17(33)10-18(34)20-23(38)28(26(43-27(16)20)14-5-7-15(32)8-6-14)44-31-29(24(39)21(36)13(3)42-31)45-30-25(40)22(37)19(35)11-41-30/h4-8,10,13,19,21-22,24-25,29-37,39-40H,9,11H2,1-3H3/t13-,19+,21-,22+,24+,25+,29+,30+,31-/m0/s1. The molecular weight excluding hydrogens is 596 g/mol. The fourth-order valence-electron chi connectivity index (χ4n) is 5.19. The molecule has 0 unspecified atom stereocenters. The number of benzene rings is 2. The summed E-state index contributed by atoms with van der Waals surface area (Å²) in [6, 6.07) is 6.53. The van der Waals surface area contributed by atoms with E-state index in [2.05, 4.69) is 0 Å². The molecule has 0 saturated carbocycles. The molecule has 2 aromatic carbocycles. The molecule has 5 rings (SSSR count). The van der Waals surface area contributed by atoms with Gasteiger partial charge in [0.25, 0.3) is 0 Å². The van der Waals surface area contributed by atoms with Gasteiger partial charge in [-0.25, -0.2) is 0 Å². The third-order valence-corrected chi connectivity index (χ3v) is 7.79. The molecule has 1 aromatic heterocycles.